The number of hydrogen-bond acceptors (Lipinski definition) is 2. The van der Waals surface area contributed by atoms with Crippen LogP contribution in [0.25, 0.3) is 0 Å². The molecule has 0 aliphatic heterocycles. The molecule has 1 atom stereocenters. The lowest BCUT2D eigenvalue weighted by Gasteiger charge is -2.05. The highest BCUT2D eigenvalue weighted by atomic mass is 79.9. The van der Waals surface area contributed by atoms with E-state index in [9.17, 15) is 17.7 Å². The maximum absolute atomic E-state index is 10.5. The second-order valence-electron chi connectivity index (χ2n) is 1.80. The van der Waals surface area contributed by atoms with Crippen LogP contribution < -0.4 is 0 Å². The van der Waals surface area contributed by atoms with Gasteiger partial charge in [0.25, 0.3) is 0 Å². The van der Waals surface area contributed by atoms with Crippen LogP contribution in [0.4, 0.5) is 13.2 Å². The van der Waals surface area contributed by atoms with Crippen molar-refractivity contribution in [2.45, 2.75) is 18.9 Å². The average molecular weight is 287 g/mol. The summed E-state index contributed by atoms with van der Waals surface area (Å²) < 4.78 is 45.8. The highest BCUT2D eigenvalue weighted by molar-refractivity contribution is 9.09. The largest absolute Gasteiger partial charge is 0.448 e. The zero-order valence-corrected chi connectivity index (χ0v) is 9.62. The van der Waals surface area contributed by atoms with E-state index in [4.69, 9.17) is 4.89 Å². The summed E-state index contributed by atoms with van der Waals surface area (Å²) in [5, 5.41) is -4.19. The Morgan fingerprint density at radius 3 is 1.85 bits per heavy atom. The van der Waals surface area contributed by atoms with E-state index in [1.165, 1.54) is 15.9 Å². The molecule has 1 unspecified atom stereocenters. The first-order chi connectivity index (χ1) is 5.62. The predicted octanol–water partition coefficient (Wildman–Crippen LogP) is 3.13. The van der Waals surface area contributed by atoms with Crippen LogP contribution in [0.1, 0.15) is 13.8 Å². The van der Waals surface area contributed by atoms with Gasteiger partial charge in [0.1, 0.15) is 0 Å². The normalized spacial score (nSPS) is 15.6. The summed E-state index contributed by atoms with van der Waals surface area (Å²) in [6.07, 6.45) is 0.195. The molecule has 0 aromatic carbocycles. The van der Waals surface area contributed by atoms with Crippen molar-refractivity contribution >= 4 is 23.5 Å². The second-order valence-corrected chi connectivity index (χ2v) is 4.86. The summed E-state index contributed by atoms with van der Waals surface area (Å²) in [7, 11) is -3.17. The van der Waals surface area contributed by atoms with Gasteiger partial charge in [0.15, 0.2) is 0 Å². The Labute approximate surface area is 82.9 Å². The Bertz CT molecular complexity index is 167. The molecule has 0 aliphatic carbocycles. The van der Waals surface area contributed by atoms with Gasteiger partial charge in [0.05, 0.1) is 6.61 Å². The van der Waals surface area contributed by atoms with Crippen LogP contribution in [0, 0.1) is 0 Å². The Balaban J connectivity index is 0. The molecule has 0 radical (unpaired) electrons. The van der Waals surface area contributed by atoms with Crippen molar-refractivity contribution < 1.29 is 27.2 Å². The van der Waals surface area contributed by atoms with Gasteiger partial charge in [-0.3, -0.25) is 4.57 Å². The van der Waals surface area contributed by atoms with Crippen molar-refractivity contribution in [2.75, 3.05) is 12.8 Å². The zero-order chi connectivity index (χ0) is 11.1. The van der Waals surface area contributed by atoms with Crippen LogP contribution in [-0.4, -0.2) is 22.7 Å². The molecular weight excluding hydrogens is 276 g/mol. The molecule has 0 aliphatic rings. The molecule has 0 bridgehead atoms. The summed E-state index contributed by atoms with van der Waals surface area (Å²) in [4.78, 5) is 8.66. The van der Waals surface area contributed by atoms with E-state index in [2.05, 4.69) is 4.52 Å². The highest BCUT2D eigenvalue weighted by Gasteiger charge is 2.19. The van der Waals surface area contributed by atoms with E-state index in [0.717, 1.165) is 0 Å². The molecular formula is C5H11BrF3O3P. The molecule has 1 N–H and O–H groups in total. The molecule has 0 fully saturated rings. The molecule has 0 aromatic rings. The Morgan fingerprint density at radius 1 is 1.46 bits per heavy atom. The van der Waals surface area contributed by atoms with Gasteiger partial charge in [0.2, 0.25) is 0 Å². The minimum atomic E-state index is -4.19. The number of hydrogen-bond donors (Lipinski definition) is 1. The van der Waals surface area contributed by atoms with Gasteiger partial charge in [-0.15, -0.1) is 0 Å². The Hall–Kier alpha value is 0.420. The van der Waals surface area contributed by atoms with Gasteiger partial charge in [-0.25, -0.2) is 0 Å². The first-order valence-electron chi connectivity index (χ1n) is 3.34. The van der Waals surface area contributed by atoms with Crippen molar-refractivity contribution in [1.29, 1.82) is 0 Å². The van der Waals surface area contributed by atoms with Crippen molar-refractivity contribution in [3.05, 3.63) is 0 Å². The van der Waals surface area contributed by atoms with Gasteiger partial charge in [-0.1, -0.05) is 6.92 Å². The quantitative estimate of drug-likeness (QED) is 0.640. The monoisotopic (exact) mass is 286 g/mol. The summed E-state index contributed by atoms with van der Waals surface area (Å²) in [5.41, 5.74) is 0. The van der Waals surface area contributed by atoms with E-state index >= 15 is 0 Å². The standard InChI is InChI=1S/C4H11O3P.CBrF3/c1-3-7-8(5,6)4-2;2-1(3,4)5/h3-4H2,1-2H3,(H,5,6);. The molecule has 0 saturated heterocycles. The minimum Gasteiger partial charge on any atom is -0.324 e. The van der Waals surface area contributed by atoms with Crippen LogP contribution in [0.3, 0.4) is 0 Å². The van der Waals surface area contributed by atoms with Gasteiger partial charge in [0, 0.05) is 22.1 Å². The third-order valence-corrected chi connectivity index (χ3v) is 2.19. The molecule has 82 valence electrons. The SMILES string of the molecule is CCOP(=O)(O)CC.FC(F)(F)Br. The maximum atomic E-state index is 10.5. The molecule has 3 nitrogen and oxygen atoms in total. The lowest BCUT2D eigenvalue weighted by Crippen LogP contribution is -1.89. The fourth-order valence-corrected chi connectivity index (χ4v) is 0.879. The van der Waals surface area contributed by atoms with E-state index < -0.39 is 12.7 Å². The van der Waals surface area contributed by atoms with Gasteiger partial charge in [-0.05, 0) is 6.92 Å². The highest BCUT2D eigenvalue weighted by Crippen LogP contribution is 2.40. The van der Waals surface area contributed by atoms with Crippen molar-refractivity contribution in [3.8, 4) is 0 Å². The van der Waals surface area contributed by atoms with E-state index in [0.29, 0.717) is 6.61 Å². The van der Waals surface area contributed by atoms with Crippen LogP contribution in [0.5, 0.6) is 0 Å². The third-order valence-electron chi connectivity index (χ3n) is 0.730. The van der Waals surface area contributed by atoms with Gasteiger partial charge < -0.3 is 9.42 Å². The van der Waals surface area contributed by atoms with Crippen molar-refractivity contribution in [1.82, 2.24) is 0 Å². The zero-order valence-electron chi connectivity index (χ0n) is 7.14. The van der Waals surface area contributed by atoms with Gasteiger partial charge in [-0.2, -0.15) is 13.2 Å². The molecule has 13 heavy (non-hydrogen) atoms. The maximum Gasteiger partial charge on any atom is 0.448 e. The third kappa shape index (κ3) is 24.5. The fraction of sp³-hybridized carbons (Fsp3) is 1.00. The number of halogens is 4. The van der Waals surface area contributed by atoms with E-state index in [1.807, 2.05) is 0 Å². The second kappa shape index (κ2) is 6.81. The number of alkyl halides is 4. The fourth-order valence-electron chi connectivity index (χ4n) is 0.293. The topological polar surface area (TPSA) is 46.5 Å². The lowest BCUT2D eigenvalue weighted by atomic mass is 10.9. The summed E-state index contributed by atoms with van der Waals surface area (Å²) in [5.74, 6) is 0. The minimum absolute atomic E-state index is 0.195. The van der Waals surface area contributed by atoms with Gasteiger partial charge >= 0.3 is 12.7 Å². The molecule has 0 amide bonds. The molecule has 0 aromatic heterocycles. The molecule has 0 rings (SSSR count). The molecule has 0 spiro atoms. The summed E-state index contributed by atoms with van der Waals surface area (Å²) in [6, 6.07) is 0. The van der Waals surface area contributed by atoms with Crippen LogP contribution in [0.15, 0.2) is 0 Å². The lowest BCUT2D eigenvalue weighted by molar-refractivity contribution is -0.0245. The summed E-state index contributed by atoms with van der Waals surface area (Å²) >= 11 is 1.38. The Kier molecular flexibility index (Phi) is 8.32. The number of rotatable bonds is 3. The van der Waals surface area contributed by atoms with Crippen LogP contribution >= 0.6 is 23.5 Å². The average Bonchev–Trinajstić information content (AvgIpc) is 1.84. The molecule has 8 heteroatoms. The smallest absolute Gasteiger partial charge is 0.324 e. The summed E-state index contributed by atoms with van der Waals surface area (Å²) in [6.45, 7) is 3.62. The first-order valence-corrected chi connectivity index (χ1v) is 5.90. The Morgan fingerprint density at radius 2 is 1.77 bits per heavy atom. The van der Waals surface area contributed by atoms with E-state index in [1.54, 1.807) is 13.8 Å². The first kappa shape index (κ1) is 15.9. The van der Waals surface area contributed by atoms with Crippen molar-refractivity contribution in [3.63, 3.8) is 0 Å². The van der Waals surface area contributed by atoms with Crippen LogP contribution in [0.2, 0.25) is 0 Å². The van der Waals surface area contributed by atoms with E-state index in [-0.39, 0.29) is 6.16 Å². The predicted molar refractivity (Wildman–Crippen MR) is 47.0 cm³/mol. The molecule has 0 heterocycles. The van der Waals surface area contributed by atoms with Crippen LogP contribution in [-0.2, 0) is 9.09 Å². The molecule has 0 saturated carbocycles. The van der Waals surface area contributed by atoms with Crippen molar-refractivity contribution in [2.24, 2.45) is 0 Å².